The summed E-state index contributed by atoms with van der Waals surface area (Å²) in [4.78, 5) is 43.8. The van der Waals surface area contributed by atoms with Crippen molar-refractivity contribution in [2.24, 2.45) is 0 Å². The van der Waals surface area contributed by atoms with Crippen molar-refractivity contribution in [2.75, 3.05) is 5.32 Å². The molecule has 9 nitrogen and oxygen atoms in total. The van der Waals surface area contributed by atoms with E-state index in [0.717, 1.165) is 12.8 Å². The standard InChI is InChI=1S/C18H31N5O4/c1-7-8-9-12(14(24)22-13-10-19-11-20-13)21-15(25)18(5,6)23-16(26)27-17(2,3)4/h10-12H,7-9H2,1-6H3,(H,19,20)(H,21,25)(H,22,24)(H,23,26). The Morgan fingerprint density at radius 3 is 2.41 bits per heavy atom. The van der Waals surface area contributed by atoms with Gasteiger partial charge < -0.3 is 25.7 Å². The number of amides is 3. The summed E-state index contributed by atoms with van der Waals surface area (Å²) in [6.45, 7) is 10.3. The van der Waals surface area contributed by atoms with Crippen molar-refractivity contribution in [1.29, 1.82) is 0 Å². The quantitative estimate of drug-likeness (QED) is 0.550. The Kier molecular flexibility index (Phi) is 7.81. The number of aromatic nitrogens is 2. The second-order valence-corrected chi connectivity index (χ2v) is 7.87. The van der Waals surface area contributed by atoms with Crippen LogP contribution in [0.3, 0.4) is 0 Å². The second kappa shape index (κ2) is 9.38. The van der Waals surface area contributed by atoms with Crippen LogP contribution >= 0.6 is 0 Å². The molecule has 1 rings (SSSR count). The maximum atomic E-state index is 12.7. The number of alkyl carbamates (subject to hydrolysis) is 1. The van der Waals surface area contributed by atoms with Crippen LogP contribution in [0.2, 0.25) is 0 Å². The lowest BCUT2D eigenvalue weighted by atomic mass is 10.0. The third-order valence-electron chi connectivity index (χ3n) is 3.61. The Bertz CT molecular complexity index is 635. The first-order chi connectivity index (χ1) is 12.4. The average Bonchev–Trinajstić information content (AvgIpc) is 3.01. The highest BCUT2D eigenvalue weighted by Crippen LogP contribution is 2.11. The zero-order valence-corrected chi connectivity index (χ0v) is 16.9. The number of nitrogens with zero attached hydrogens (tertiary/aromatic N) is 1. The maximum absolute atomic E-state index is 12.7. The molecule has 9 heteroatoms. The number of anilines is 1. The number of hydrogen-bond donors (Lipinski definition) is 4. The number of rotatable bonds is 8. The van der Waals surface area contributed by atoms with E-state index in [9.17, 15) is 14.4 Å². The molecule has 0 saturated heterocycles. The molecule has 1 aromatic heterocycles. The molecule has 0 fully saturated rings. The van der Waals surface area contributed by atoms with Gasteiger partial charge in [0.2, 0.25) is 11.8 Å². The van der Waals surface area contributed by atoms with Crippen LogP contribution < -0.4 is 16.0 Å². The molecule has 0 aliphatic rings. The average molecular weight is 381 g/mol. The van der Waals surface area contributed by atoms with Gasteiger partial charge >= 0.3 is 6.09 Å². The van der Waals surface area contributed by atoms with Crippen molar-refractivity contribution in [3.05, 3.63) is 12.5 Å². The largest absolute Gasteiger partial charge is 0.444 e. The number of carbonyl (C=O) groups is 3. The second-order valence-electron chi connectivity index (χ2n) is 7.87. The van der Waals surface area contributed by atoms with Crippen LogP contribution in [0.15, 0.2) is 12.5 Å². The van der Waals surface area contributed by atoms with Gasteiger partial charge in [-0.3, -0.25) is 9.59 Å². The minimum absolute atomic E-state index is 0.353. The minimum atomic E-state index is -1.25. The first-order valence-corrected chi connectivity index (χ1v) is 9.06. The molecule has 3 amide bonds. The number of unbranched alkanes of at least 4 members (excludes halogenated alkanes) is 1. The van der Waals surface area contributed by atoms with E-state index in [-0.39, 0.29) is 5.91 Å². The Labute approximate surface area is 160 Å². The Morgan fingerprint density at radius 1 is 1.22 bits per heavy atom. The van der Waals surface area contributed by atoms with Crippen LogP contribution in [0.5, 0.6) is 0 Å². The molecule has 0 aliphatic heterocycles. The van der Waals surface area contributed by atoms with Crippen molar-refractivity contribution in [3.63, 3.8) is 0 Å². The lowest BCUT2D eigenvalue weighted by Gasteiger charge is -2.29. The zero-order valence-electron chi connectivity index (χ0n) is 16.9. The summed E-state index contributed by atoms with van der Waals surface area (Å²) in [5, 5.41) is 7.93. The van der Waals surface area contributed by atoms with Crippen molar-refractivity contribution in [3.8, 4) is 0 Å². The molecule has 1 aromatic rings. The molecule has 1 atom stereocenters. The van der Waals surface area contributed by atoms with Crippen molar-refractivity contribution < 1.29 is 19.1 Å². The van der Waals surface area contributed by atoms with Gasteiger partial charge in [-0.15, -0.1) is 0 Å². The highest BCUT2D eigenvalue weighted by molar-refractivity contribution is 5.98. The summed E-state index contributed by atoms with van der Waals surface area (Å²) in [5.41, 5.74) is -1.93. The van der Waals surface area contributed by atoms with E-state index in [0.29, 0.717) is 12.2 Å². The number of hydrogen-bond acceptors (Lipinski definition) is 5. The van der Waals surface area contributed by atoms with E-state index in [2.05, 4.69) is 25.9 Å². The Balaban J connectivity index is 2.75. The van der Waals surface area contributed by atoms with E-state index in [1.807, 2.05) is 6.92 Å². The Hall–Kier alpha value is -2.58. The van der Waals surface area contributed by atoms with Crippen LogP contribution in [-0.2, 0) is 14.3 Å². The molecule has 1 heterocycles. The normalized spacial score (nSPS) is 12.8. The third-order valence-corrected chi connectivity index (χ3v) is 3.61. The summed E-state index contributed by atoms with van der Waals surface area (Å²) < 4.78 is 5.19. The number of carbonyl (C=O) groups excluding carboxylic acids is 3. The van der Waals surface area contributed by atoms with Gasteiger partial charge in [-0.1, -0.05) is 19.8 Å². The molecule has 4 N–H and O–H groups in total. The molecular formula is C18H31N5O4. The molecule has 152 valence electrons. The molecule has 27 heavy (non-hydrogen) atoms. The minimum Gasteiger partial charge on any atom is -0.444 e. The summed E-state index contributed by atoms with van der Waals surface area (Å²) in [6.07, 6.45) is 4.35. The number of imidazole rings is 1. The summed E-state index contributed by atoms with van der Waals surface area (Å²) in [7, 11) is 0. The van der Waals surface area contributed by atoms with Gasteiger partial charge in [0.05, 0.1) is 12.5 Å². The molecule has 0 aliphatic carbocycles. The van der Waals surface area contributed by atoms with Gasteiger partial charge in [0.25, 0.3) is 0 Å². The van der Waals surface area contributed by atoms with E-state index in [1.54, 1.807) is 34.6 Å². The van der Waals surface area contributed by atoms with E-state index >= 15 is 0 Å². The lowest BCUT2D eigenvalue weighted by molar-refractivity contribution is -0.130. The number of ether oxygens (including phenoxy) is 1. The Morgan fingerprint density at radius 2 is 1.89 bits per heavy atom. The van der Waals surface area contributed by atoms with Gasteiger partial charge in [-0.05, 0) is 41.0 Å². The molecule has 0 bridgehead atoms. The molecular weight excluding hydrogens is 350 g/mol. The molecule has 1 unspecified atom stereocenters. The summed E-state index contributed by atoms with van der Waals surface area (Å²) >= 11 is 0. The topological polar surface area (TPSA) is 125 Å². The molecule has 0 aromatic carbocycles. The van der Waals surface area contributed by atoms with E-state index in [1.165, 1.54) is 12.5 Å². The highest BCUT2D eigenvalue weighted by Gasteiger charge is 2.34. The smallest absolute Gasteiger partial charge is 0.408 e. The van der Waals surface area contributed by atoms with Crippen molar-refractivity contribution in [1.82, 2.24) is 20.6 Å². The van der Waals surface area contributed by atoms with Crippen LogP contribution in [0.4, 0.5) is 10.6 Å². The summed E-state index contributed by atoms with van der Waals surface area (Å²) in [6, 6.07) is -0.736. The fourth-order valence-electron chi connectivity index (χ4n) is 2.18. The van der Waals surface area contributed by atoms with Crippen LogP contribution in [-0.4, -0.2) is 45.1 Å². The summed E-state index contributed by atoms with van der Waals surface area (Å²) in [5.74, 6) is -0.384. The monoisotopic (exact) mass is 381 g/mol. The fraction of sp³-hybridized carbons (Fsp3) is 0.667. The van der Waals surface area contributed by atoms with Gasteiger partial charge in [0, 0.05) is 0 Å². The first kappa shape index (κ1) is 22.5. The third kappa shape index (κ3) is 8.10. The van der Waals surface area contributed by atoms with Gasteiger partial charge in [0.15, 0.2) is 0 Å². The predicted molar refractivity (Wildman–Crippen MR) is 102 cm³/mol. The molecule has 0 radical (unpaired) electrons. The highest BCUT2D eigenvalue weighted by atomic mass is 16.6. The number of nitrogens with one attached hydrogen (secondary N) is 4. The molecule has 0 spiro atoms. The van der Waals surface area contributed by atoms with Crippen molar-refractivity contribution in [2.45, 2.75) is 78.0 Å². The van der Waals surface area contributed by atoms with Gasteiger partial charge in [0.1, 0.15) is 23.0 Å². The van der Waals surface area contributed by atoms with Crippen LogP contribution in [0.25, 0.3) is 0 Å². The maximum Gasteiger partial charge on any atom is 0.408 e. The SMILES string of the molecule is CCCCC(NC(=O)C(C)(C)NC(=O)OC(C)(C)C)C(=O)Nc1cnc[nH]1. The lowest BCUT2D eigenvalue weighted by Crippen LogP contribution is -2.58. The molecule has 0 saturated carbocycles. The predicted octanol–water partition coefficient (Wildman–Crippen LogP) is 2.33. The van der Waals surface area contributed by atoms with Crippen LogP contribution in [0, 0.1) is 0 Å². The van der Waals surface area contributed by atoms with Gasteiger partial charge in [-0.25, -0.2) is 9.78 Å². The van der Waals surface area contributed by atoms with Crippen molar-refractivity contribution >= 4 is 23.7 Å². The zero-order chi connectivity index (χ0) is 20.7. The fourth-order valence-corrected chi connectivity index (χ4v) is 2.18. The van der Waals surface area contributed by atoms with Crippen LogP contribution in [0.1, 0.15) is 60.8 Å². The number of aromatic amines is 1. The number of H-pyrrole nitrogens is 1. The first-order valence-electron chi connectivity index (χ1n) is 9.06. The van der Waals surface area contributed by atoms with E-state index < -0.39 is 29.2 Å². The van der Waals surface area contributed by atoms with E-state index in [4.69, 9.17) is 4.74 Å². The van der Waals surface area contributed by atoms with Gasteiger partial charge in [-0.2, -0.15) is 0 Å².